The summed E-state index contributed by atoms with van der Waals surface area (Å²) in [4.78, 5) is 11.0. The summed E-state index contributed by atoms with van der Waals surface area (Å²) in [6.07, 6.45) is 3.55. The first-order valence-electron chi connectivity index (χ1n) is 5.90. The molecule has 2 nitrogen and oxygen atoms in total. The van der Waals surface area contributed by atoms with Crippen molar-refractivity contribution in [2.75, 3.05) is 5.73 Å². The second-order valence-electron chi connectivity index (χ2n) is 5.39. The van der Waals surface area contributed by atoms with Gasteiger partial charge in [-0.15, -0.1) is 0 Å². The number of anilines is 1. The van der Waals surface area contributed by atoms with E-state index in [1.165, 1.54) is 5.57 Å². The van der Waals surface area contributed by atoms with Crippen molar-refractivity contribution in [3.63, 3.8) is 0 Å². The van der Waals surface area contributed by atoms with Crippen molar-refractivity contribution in [1.82, 2.24) is 0 Å². The summed E-state index contributed by atoms with van der Waals surface area (Å²) >= 11 is 0. The van der Waals surface area contributed by atoms with Gasteiger partial charge in [0.25, 0.3) is 0 Å². The fourth-order valence-electron chi connectivity index (χ4n) is 2.12. The summed E-state index contributed by atoms with van der Waals surface area (Å²) in [5, 5.41) is 0. The second kappa shape index (κ2) is 5.67. The van der Waals surface area contributed by atoms with E-state index in [0.29, 0.717) is 6.42 Å². The summed E-state index contributed by atoms with van der Waals surface area (Å²) in [5.41, 5.74) is 7.61. The van der Waals surface area contributed by atoms with E-state index in [-0.39, 0.29) is 11.2 Å². The quantitative estimate of drug-likeness (QED) is 0.693. The summed E-state index contributed by atoms with van der Waals surface area (Å²) in [5.74, 6) is 0.286. The molecule has 1 aromatic rings. The number of hydrogen-bond donors (Lipinski definition) is 1. The molecule has 0 fully saturated rings. The molecule has 0 unspecified atom stereocenters. The molecule has 0 atom stereocenters. The highest BCUT2D eigenvalue weighted by Gasteiger charge is 2.25. The van der Waals surface area contributed by atoms with Crippen molar-refractivity contribution in [3.05, 3.63) is 42.0 Å². The number of carbonyl (C=O) groups excluding carboxylic acids is 1. The van der Waals surface area contributed by atoms with Crippen LogP contribution in [0.3, 0.4) is 0 Å². The minimum absolute atomic E-state index is 0.204. The average Bonchev–Trinajstić information content (AvgIpc) is 2.15. The predicted molar refractivity (Wildman–Crippen MR) is 72.6 cm³/mol. The van der Waals surface area contributed by atoms with E-state index in [1.54, 1.807) is 6.08 Å². The number of allylic oxidation sites excluding steroid dienone is 2. The summed E-state index contributed by atoms with van der Waals surface area (Å²) in [7, 11) is 0. The molecular weight excluding hydrogens is 210 g/mol. The van der Waals surface area contributed by atoms with E-state index in [9.17, 15) is 4.79 Å². The molecule has 0 aliphatic heterocycles. The average molecular weight is 231 g/mol. The molecule has 92 valence electrons. The van der Waals surface area contributed by atoms with Crippen molar-refractivity contribution >= 4 is 11.5 Å². The molecule has 0 saturated heterocycles. The number of benzene rings is 1. The minimum atomic E-state index is 0.204. The van der Waals surface area contributed by atoms with Gasteiger partial charge >= 0.3 is 0 Å². The molecular formula is C15H21NO. The van der Waals surface area contributed by atoms with Gasteiger partial charge in [-0.05, 0) is 37.0 Å². The number of ketones is 1. The molecule has 2 rings (SSSR count). The Morgan fingerprint density at radius 1 is 1.12 bits per heavy atom. The zero-order valence-electron chi connectivity index (χ0n) is 10.9. The van der Waals surface area contributed by atoms with Crippen LogP contribution in [-0.4, -0.2) is 5.78 Å². The first kappa shape index (κ1) is 13.5. The maximum absolute atomic E-state index is 11.0. The minimum Gasteiger partial charge on any atom is -0.399 e. The van der Waals surface area contributed by atoms with Crippen LogP contribution in [0.4, 0.5) is 5.69 Å². The highest BCUT2D eigenvalue weighted by Crippen LogP contribution is 2.32. The van der Waals surface area contributed by atoms with E-state index < -0.39 is 0 Å². The van der Waals surface area contributed by atoms with Gasteiger partial charge in [0.05, 0.1) is 0 Å². The van der Waals surface area contributed by atoms with Gasteiger partial charge in [0.1, 0.15) is 0 Å². The van der Waals surface area contributed by atoms with E-state index in [4.69, 9.17) is 5.73 Å². The molecule has 1 aliphatic carbocycles. The highest BCUT2D eigenvalue weighted by atomic mass is 16.1. The lowest BCUT2D eigenvalue weighted by molar-refractivity contribution is -0.117. The maximum Gasteiger partial charge on any atom is 0.156 e. The lowest BCUT2D eigenvalue weighted by Gasteiger charge is -2.27. The van der Waals surface area contributed by atoms with Crippen LogP contribution < -0.4 is 5.73 Å². The van der Waals surface area contributed by atoms with Gasteiger partial charge in [-0.2, -0.15) is 0 Å². The third-order valence-corrected chi connectivity index (χ3v) is 2.62. The fourth-order valence-corrected chi connectivity index (χ4v) is 2.12. The Bertz CT molecular complexity index is 404. The van der Waals surface area contributed by atoms with Crippen LogP contribution in [0.2, 0.25) is 0 Å². The zero-order chi connectivity index (χ0) is 12.9. The van der Waals surface area contributed by atoms with Gasteiger partial charge in [-0.3, -0.25) is 4.79 Å². The largest absolute Gasteiger partial charge is 0.399 e. The molecule has 17 heavy (non-hydrogen) atoms. The van der Waals surface area contributed by atoms with Gasteiger partial charge in [-0.1, -0.05) is 37.6 Å². The predicted octanol–water partition coefficient (Wildman–Crippen LogP) is 3.59. The van der Waals surface area contributed by atoms with Gasteiger partial charge in [0.2, 0.25) is 0 Å². The van der Waals surface area contributed by atoms with Gasteiger partial charge in [-0.25, -0.2) is 0 Å². The third kappa shape index (κ3) is 5.34. The van der Waals surface area contributed by atoms with Crippen LogP contribution >= 0.6 is 0 Å². The van der Waals surface area contributed by atoms with E-state index in [2.05, 4.69) is 13.8 Å². The van der Waals surface area contributed by atoms with Crippen LogP contribution in [-0.2, 0) is 4.79 Å². The van der Waals surface area contributed by atoms with E-state index in [1.807, 2.05) is 37.3 Å². The van der Waals surface area contributed by atoms with Gasteiger partial charge in [0, 0.05) is 12.1 Å². The summed E-state index contributed by atoms with van der Waals surface area (Å²) in [6, 6.07) is 9.49. The number of hydrogen-bond acceptors (Lipinski definition) is 2. The topological polar surface area (TPSA) is 43.1 Å². The molecule has 0 bridgehead atoms. The Hall–Kier alpha value is -1.57. The molecule has 0 saturated carbocycles. The molecule has 2 N–H and O–H groups in total. The van der Waals surface area contributed by atoms with Crippen molar-refractivity contribution < 1.29 is 4.79 Å². The first-order chi connectivity index (χ1) is 7.89. The zero-order valence-corrected chi connectivity index (χ0v) is 10.9. The number of para-hydroxylation sites is 1. The van der Waals surface area contributed by atoms with Gasteiger partial charge in [0.15, 0.2) is 5.78 Å². The Labute approximate surface area is 104 Å². The Morgan fingerprint density at radius 3 is 2.06 bits per heavy atom. The molecule has 1 aromatic carbocycles. The molecule has 0 aromatic heterocycles. The summed E-state index contributed by atoms with van der Waals surface area (Å²) in [6.45, 7) is 6.31. The van der Waals surface area contributed by atoms with Crippen LogP contribution in [0.15, 0.2) is 42.0 Å². The fraction of sp³-hybridized carbons (Fsp3) is 0.400. The Kier molecular flexibility index (Phi) is 4.50. The summed E-state index contributed by atoms with van der Waals surface area (Å²) < 4.78 is 0. The van der Waals surface area contributed by atoms with Crippen LogP contribution in [0, 0.1) is 5.41 Å². The normalized spacial score (nSPS) is 17.8. The van der Waals surface area contributed by atoms with Crippen molar-refractivity contribution in [2.24, 2.45) is 5.41 Å². The van der Waals surface area contributed by atoms with Crippen LogP contribution in [0.5, 0.6) is 0 Å². The van der Waals surface area contributed by atoms with Crippen LogP contribution in [0.25, 0.3) is 0 Å². The van der Waals surface area contributed by atoms with Crippen molar-refractivity contribution in [1.29, 1.82) is 0 Å². The Balaban J connectivity index is 0.000000181. The van der Waals surface area contributed by atoms with E-state index in [0.717, 1.165) is 12.1 Å². The van der Waals surface area contributed by atoms with Gasteiger partial charge < -0.3 is 5.73 Å². The smallest absolute Gasteiger partial charge is 0.156 e. The number of rotatable bonds is 0. The first-order valence-corrected chi connectivity index (χ1v) is 5.90. The number of nitrogen functional groups attached to an aromatic ring is 1. The molecule has 2 heteroatoms. The number of carbonyl (C=O) groups is 1. The monoisotopic (exact) mass is 231 g/mol. The lowest BCUT2D eigenvalue weighted by atomic mass is 9.77. The lowest BCUT2D eigenvalue weighted by Crippen LogP contribution is -2.20. The highest BCUT2D eigenvalue weighted by molar-refractivity contribution is 5.91. The molecule has 0 radical (unpaired) electrons. The van der Waals surface area contributed by atoms with Crippen molar-refractivity contribution in [3.8, 4) is 0 Å². The van der Waals surface area contributed by atoms with Crippen LogP contribution in [0.1, 0.15) is 33.6 Å². The van der Waals surface area contributed by atoms with E-state index >= 15 is 0 Å². The Morgan fingerprint density at radius 2 is 1.71 bits per heavy atom. The third-order valence-electron chi connectivity index (χ3n) is 2.62. The molecule has 0 spiro atoms. The standard InChI is InChI=1S/C9H14O.C6H7N/c1-7-4-8(10)6-9(2,3)5-7;7-6-4-2-1-3-5-6/h4H,5-6H2,1-3H3;1-5H,7H2. The molecule has 0 heterocycles. The van der Waals surface area contributed by atoms with Crippen molar-refractivity contribution in [2.45, 2.75) is 33.6 Å². The maximum atomic E-state index is 11.0. The molecule has 0 amide bonds. The molecule has 1 aliphatic rings. The SMILES string of the molecule is CC1=CC(=O)CC(C)(C)C1.Nc1ccccc1. The second-order valence-corrected chi connectivity index (χ2v) is 5.39. The number of nitrogens with two attached hydrogens (primary N) is 1.